The molecule has 18 heavy (non-hydrogen) atoms. The van der Waals surface area contributed by atoms with Crippen LogP contribution >= 0.6 is 0 Å². The van der Waals surface area contributed by atoms with Crippen LogP contribution < -0.4 is 0 Å². The molecule has 1 aromatic carbocycles. The average molecular weight is 245 g/mol. The van der Waals surface area contributed by atoms with Crippen molar-refractivity contribution in [2.75, 3.05) is 0 Å². The van der Waals surface area contributed by atoms with Crippen LogP contribution in [0.2, 0.25) is 0 Å². The van der Waals surface area contributed by atoms with E-state index in [1.54, 1.807) is 11.1 Å². The van der Waals surface area contributed by atoms with Crippen LogP contribution in [-0.2, 0) is 19.3 Å². The first kappa shape index (κ1) is 15.3. The van der Waals surface area contributed by atoms with Gasteiger partial charge in [-0.15, -0.1) is 0 Å². The zero-order chi connectivity index (χ0) is 13.2. The molecule has 0 fully saturated rings. The summed E-state index contributed by atoms with van der Waals surface area (Å²) in [5.74, 6) is 0. The Labute approximate surface area is 114 Å². The lowest BCUT2D eigenvalue weighted by Crippen LogP contribution is -2.00. The maximum absolute atomic E-state index is 4.08. The summed E-state index contributed by atoms with van der Waals surface area (Å²) in [6.45, 7) is 8.63. The third-order valence-corrected chi connectivity index (χ3v) is 3.72. The van der Waals surface area contributed by atoms with Crippen LogP contribution in [0.5, 0.6) is 0 Å². The summed E-state index contributed by atoms with van der Waals surface area (Å²) < 4.78 is 0. The molecule has 0 N–H and O–H groups in total. The molecule has 0 saturated heterocycles. The maximum atomic E-state index is 4.08. The van der Waals surface area contributed by atoms with E-state index in [2.05, 4.69) is 39.0 Å². The molecule has 101 valence electrons. The quantitative estimate of drug-likeness (QED) is 0.502. The highest BCUT2D eigenvalue weighted by Crippen LogP contribution is 2.20. The van der Waals surface area contributed by atoms with Crippen LogP contribution in [0.3, 0.4) is 0 Å². The molecule has 0 spiro atoms. The first-order valence-corrected chi connectivity index (χ1v) is 7.72. The van der Waals surface area contributed by atoms with Crippen LogP contribution in [0.1, 0.15) is 69.1 Å². The van der Waals surface area contributed by atoms with Crippen molar-refractivity contribution in [2.24, 2.45) is 0 Å². The number of hydrogen-bond donors (Lipinski definition) is 0. The van der Waals surface area contributed by atoms with Gasteiger partial charge < -0.3 is 0 Å². The summed E-state index contributed by atoms with van der Waals surface area (Å²) in [6.07, 6.45) is 11.4. The zero-order valence-electron chi connectivity index (χ0n) is 12.3. The van der Waals surface area contributed by atoms with E-state index in [-0.39, 0.29) is 0 Å². The van der Waals surface area contributed by atoms with Crippen molar-refractivity contribution in [1.82, 2.24) is 0 Å². The Hall–Kier alpha value is -0.780. The van der Waals surface area contributed by atoms with E-state index in [0.29, 0.717) is 0 Å². The molecule has 0 atom stereocenters. The van der Waals surface area contributed by atoms with Crippen molar-refractivity contribution in [1.29, 1.82) is 0 Å². The van der Waals surface area contributed by atoms with Gasteiger partial charge in [-0.3, -0.25) is 0 Å². The van der Waals surface area contributed by atoms with E-state index >= 15 is 0 Å². The second-order valence-corrected chi connectivity index (χ2v) is 5.22. The molecular weight excluding hydrogens is 216 g/mol. The Kier molecular flexibility index (Phi) is 7.80. The predicted octanol–water partition coefficient (Wildman–Crippen LogP) is 5.53. The van der Waals surface area contributed by atoms with Gasteiger partial charge in [-0.25, -0.2) is 0 Å². The molecule has 0 aliphatic carbocycles. The van der Waals surface area contributed by atoms with E-state index in [9.17, 15) is 0 Å². The van der Waals surface area contributed by atoms with Gasteiger partial charge in [0.2, 0.25) is 0 Å². The van der Waals surface area contributed by atoms with Gasteiger partial charge in [-0.2, -0.15) is 0 Å². The Bertz CT molecular complexity index is 325. The van der Waals surface area contributed by atoms with E-state index in [4.69, 9.17) is 0 Å². The van der Waals surface area contributed by atoms with Gasteiger partial charge in [0.25, 0.3) is 0 Å². The van der Waals surface area contributed by atoms with Crippen LogP contribution in [0, 0.1) is 6.92 Å². The van der Waals surface area contributed by atoms with Gasteiger partial charge in [0.05, 0.1) is 0 Å². The van der Waals surface area contributed by atoms with Gasteiger partial charge in [-0.1, -0.05) is 57.7 Å². The summed E-state index contributed by atoms with van der Waals surface area (Å²) >= 11 is 0. The number of benzene rings is 1. The van der Waals surface area contributed by atoms with Gasteiger partial charge in [0.15, 0.2) is 0 Å². The highest BCUT2D eigenvalue weighted by atomic mass is 14.1. The minimum absolute atomic E-state index is 0.934. The van der Waals surface area contributed by atoms with Gasteiger partial charge >= 0.3 is 0 Å². The van der Waals surface area contributed by atoms with Crippen molar-refractivity contribution >= 4 is 0 Å². The van der Waals surface area contributed by atoms with E-state index in [1.807, 2.05) is 0 Å². The molecule has 1 aromatic rings. The standard InChI is InChI=1S/C18H29/c1-4-7-9-12-17-14-11-13-16(6-3)18(17)15-10-8-5-2/h11,13-14H,3-10,12,15H2,1-2H3. The van der Waals surface area contributed by atoms with Gasteiger partial charge in [0.1, 0.15) is 0 Å². The number of unbranched alkanes of at least 4 members (excludes halogenated alkanes) is 4. The molecule has 1 radical (unpaired) electrons. The monoisotopic (exact) mass is 245 g/mol. The largest absolute Gasteiger partial charge is 0.0654 e. The average Bonchev–Trinajstić information content (AvgIpc) is 2.40. The predicted molar refractivity (Wildman–Crippen MR) is 82.0 cm³/mol. The van der Waals surface area contributed by atoms with Crippen molar-refractivity contribution in [3.63, 3.8) is 0 Å². The molecule has 1 rings (SSSR count). The third-order valence-electron chi connectivity index (χ3n) is 3.72. The zero-order valence-corrected chi connectivity index (χ0v) is 12.3. The second kappa shape index (κ2) is 9.19. The lowest BCUT2D eigenvalue weighted by atomic mass is 9.92. The smallest absolute Gasteiger partial charge is 0.0273 e. The van der Waals surface area contributed by atoms with E-state index in [1.165, 1.54) is 56.9 Å². The molecule has 0 aliphatic rings. The number of hydrogen-bond acceptors (Lipinski definition) is 0. The van der Waals surface area contributed by atoms with Crippen LogP contribution in [0.15, 0.2) is 18.2 Å². The summed E-state index contributed by atoms with van der Waals surface area (Å²) in [6, 6.07) is 6.80. The molecular formula is C18H29. The first-order valence-electron chi connectivity index (χ1n) is 7.72. The maximum Gasteiger partial charge on any atom is -0.0273 e. The summed E-state index contributed by atoms with van der Waals surface area (Å²) in [5.41, 5.74) is 4.66. The number of aryl methyl sites for hydroxylation is 1. The summed E-state index contributed by atoms with van der Waals surface area (Å²) in [5, 5.41) is 0. The fourth-order valence-corrected chi connectivity index (χ4v) is 2.59. The topological polar surface area (TPSA) is 0 Å². The molecule has 0 heterocycles. The van der Waals surface area contributed by atoms with Crippen molar-refractivity contribution < 1.29 is 0 Å². The van der Waals surface area contributed by atoms with E-state index in [0.717, 1.165) is 6.42 Å². The minimum atomic E-state index is 0.934. The molecule has 0 aromatic heterocycles. The fraction of sp³-hybridized carbons (Fsp3) is 0.611. The number of rotatable bonds is 9. The molecule has 0 heteroatoms. The molecule has 0 nitrogen and oxygen atoms in total. The van der Waals surface area contributed by atoms with Gasteiger partial charge in [-0.05, 0) is 55.7 Å². The highest BCUT2D eigenvalue weighted by molar-refractivity contribution is 5.36. The minimum Gasteiger partial charge on any atom is -0.0654 e. The molecule has 0 saturated carbocycles. The highest BCUT2D eigenvalue weighted by Gasteiger charge is 2.06. The molecule has 0 amide bonds. The van der Waals surface area contributed by atoms with Crippen LogP contribution in [0.25, 0.3) is 0 Å². The van der Waals surface area contributed by atoms with Crippen LogP contribution in [0.4, 0.5) is 0 Å². The normalized spacial score (nSPS) is 10.8. The Morgan fingerprint density at radius 1 is 0.833 bits per heavy atom. The Morgan fingerprint density at radius 2 is 1.44 bits per heavy atom. The van der Waals surface area contributed by atoms with Crippen molar-refractivity contribution in [2.45, 2.75) is 71.6 Å². The second-order valence-electron chi connectivity index (χ2n) is 5.22. The Balaban J connectivity index is 2.72. The first-order chi connectivity index (χ1) is 8.83. The SMILES string of the molecule is [CH2]Cc1cccc(CCCCC)c1CCCCC. The lowest BCUT2D eigenvalue weighted by Gasteiger charge is -2.14. The van der Waals surface area contributed by atoms with E-state index < -0.39 is 0 Å². The van der Waals surface area contributed by atoms with Crippen molar-refractivity contribution in [3.05, 3.63) is 41.8 Å². The summed E-state index contributed by atoms with van der Waals surface area (Å²) in [7, 11) is 0. The molecule has 0 aliphatic heterocycles. The Morgan fingerprint density at radius 3 is 2.06 bits per heavy atom. The molecule has 0 bridgehead atoms. The molecule has 0 unspecified atom stereocenters. The van der Waals surface area contributed by atoms with Gasteiger partial charge in [0, 0.05) is 0 Å². The summed E-state index contributed by atoms with van der Waals surface area (Å²) in [4.78, 5) is 0. The lowest BCUT2D eigenvalue weighted by molar-refractivity contribution is 0.690. The third kappa shape index (κ3) is 4.84. The van der Waals surface area contributed by atoms with Crippen molar-refractivity contribution in [3.8, 4) is 0 Å². The fourth-order valence-electron chi connectivity index (χ4n) is 2.59. The van der Waals surface area contributed by atoms with Crippen LogP contribution in [-0.4, -0.2) is 0 Å².